The maximum atomic E-state index is 12.4. The van der Waals surface area contributed by atoms with Crippen LogP contribution in [0.25, 0.3) is 16.9 Å². The molecule has 9 nitrogen and oxygen atoms in total. The van der Waals surface area contributed by atoms with E-state index >= 15 is 0 Å². The summed E-state index contributed by atoms with van der Waals surface area (Å²) in [5.74, 6) is 0.745. The smallest absolute Gasteiger partial charge is 0.410 e. The highest BCUT2D eigenvalue weighted by atomic mass is 35.5. The Kier molecular flexibility index (Phi) is 5.41. The van der Waals surface area contributed by atoms with Crippen molar-refractivity contribution in [1.82, 2.24) is 24.4 Å². The summed E-state index contributed by atoms with van der Waals surface area (Å²) >= 11 is 6.07. The van der Waals surface area contributed by atoms with Crippen molar-refractivity contribution in [2.24, 2.45) is 0 Å². The summed E-state index contributed by atoms with van der Waals surface area (Å²) in [7, 11) is 0. The largest absolute Gasteiger partial charge is 0.444 e. The van der Waals surface area contributed by atoms with Crippen molar-refractivity contribution < 1.29 is 9.53 Å². The Morgan fingerprint density at radius 1 is 1.13 bits per heavy atom. The number of imidazole rings is 1. The molecule has 1 aliphatic heterocycles. The van der Waals surface area contributed by atoms with Crippen molar-refractivity contribution in [3.63, 3.8) is 0 Å². The van der Waals surface area contributed by atoms with Gasteiger partial charge in [0.05, 0.1) is 11.9 Å². The van der Waals surface area contributed by atoms with Gasteiger partial charge in [-0.1, -0.05) is 11.6 Å². The van der Waals surface area contributed by atoms with E-state index in [0.29, 0.717) is 48.3 Å². The van der Waals surface area contributed by atoms with Crippen molar-refractivity contribution in [3.8, 4) is 11.8 Å². The molecule has 31 heavy (non-hydrogen) atoms. The van der Waals surface area contributed by atoms with Crippen LogP contribution < -0.4 is 4.90 Å². The molecule has 0 saturated carbocycles. The van der Waals surface area contributed by atoms with Gasteiger partial charge >= 0.3 is 6.09 Å². The average molecular weight is 440 g/mol. The van der Waals surface area contributed by atoms with E-state index in [9.17, 15) is 10.1 Å². The van der Waals surface area contributed by atoms with E-state index in [1.54, 1.807) is 23.2 Å². The Labute approximate surface area is 184 Å². The molecule has 3 aromatic rings. The highest BCUT2D eigenvalue weighted by Gasteiger charge is 2.28. The minimum absolute atomic E-state index is 0.0731. The van der Waals surface area contributed by atoms with Crippen LogP contribution in [0.4, 0.5) is 10.7 Å². The SMILES string of the molecule is CC(C)(C)OC(=O)N1CCN(c2nc3cnc(C#N)nc3n2-c2ccc(Cl)cc2)CC1. The van der Waals surface area contributed by atoms with E-state index in [0.717, 1.165) is 5.69 Å². The lowest BCUT2D eigenvalue weighted by atomic mass is 10.2. The minimum Gasteiger partial charge on any atom is -0.444 e. The molecule has 0 bridgehead atoms. The van der Waals surface area contributed by atoms with Gasteiger partial charge in [0.15, 0.2) is 5.65 Å². The summed E-state index contributed by atoms with van der Waals surface area (Å²) < 4.78 is 7.37. The van der Waals surface area contributed by atoms with Crippen LogP contribution in [0.3, 0.4) is 0 Å². The first-order valence-corrected chi connectivity index (χ1v) is 10.3. The molecule has 10 heteroatoms. The predicted octanol–water partition coefficient (Wildman–Crippen LogP) is 3.40. The normalized spacial score (nSPS) is 14.5. The van der Waals surface area contributed by atoms with Gasteiger partial charge in [-0.3, -0.25) is 4.57 Å². The van der Waals surface area contributed by atoms with E-state index in [-0.39, 0.29) is 11.9 Å². The predicted molar refractivity (Wildman–Crippen MR) is 116 cm³/mol. The molecular formula is C21H22ClN7O2. The van der Waals surface area contributed by atoms with Gasteiger partial charge in [0, 0.05) is 31.2 Å². The van der Waals surface area contributed by atoms with Gasteiger partial charge in [0.2, 0.25) is 11.8 Å². The van der Waals surface area contributed by atoms with E-state index in [1.165, 1.54) is 0 Å². The van der Waals surface area contributed by atoms with Crippen molar-refractivity contribution in [3.05, 3.63) is 41.3 Å². The molecular weight excluding hydrogens is 418 g/mol. The molecule has 0 N–H and O–H groups in total. The van der Waals surface area contributed by atoms with Crippen LogP contribution in [0.5, 0.6) is 0 Å². The Bertz CT molecular complexity index is 1150. The maximum absolute atomic E-state index is 12.4. The Hall–Kier alpha value is -3.38. The maximum Gasteiger partial charge on any atom is 0.410 e. The van der Waals surface area contributed by atoms with Crippen molar-refractivity contribution in [2.75, 3.05) is 31.1 Å². The molecule has 1 saturated heterocycles. The minimum atomic E-state index is -0.534. The summed E-state index contributed by atoms with van der Waals surface area (Å²) in [6.07, 6.45) is 1.23. The number of amides is 1. The molecule has 1 aromatic carbocycles. The van der Waals surface area contributed by atoms with Crippen LogP contribution >= 0.6 is 11.6 Å². The number of aromatic nitrogens is 4. The molecule has 0 radical (unpaired) electrons. The fraction of sp³-hybridized carbons (Fsp3) is 0.381. The lowest BCUT2D eigenvalue weighted by molar-refractivity contribution is 0.0240. The fourth-order valence-electron chi connectivity index (χ4n) is 3.37. The number of anilines is 1. The molecule has 1 fully saturated rings. The van der Waals surface area contributed by atoms with Crippen LogP contribution in [0.1, 0.15) is 26.6 Å². The summed E-state index contributed by atoms with van der Waals surface area (Å²) in [4.78, 5) is 29.3. The lowest BCUT2D eigenvalue weighted by Gasteiger charge is -2.36. The second-order valence-electron chi connectivity index (χ2n) is 8.19. The number of carbonyl (C=O) groups excluding carboxylic acids is 1. The van der Waals surface area contributed by atoms with E-state index in [1.807, 2.05) is 43.5 Å². The second-order valence-corrected chi connectivity index (χ2v) is 8.63. The number of nitriles is 1. The number of halogens is 1. The second kappa shape index (κ2) is 8.04. The Balaban J connectivity index is 1.67. The monoisotopic (exact) mass is 439 g/mol. The number of fused-ring (bicyclic) bond motifs is 1. The molecule has 1 aliphatic rings. The Morgan fingerprint density at radius 2 is 1.81 bits per heavy atom. The van der Waals surface area contributed by atoms with Crippen molar-refractivity contribution in [2.45, 2.75) is 26.4 Å². The molecule has 1 amide bonds. The molecule has 4 rings (SSSR count). The number of hydrogen-bond acceptors (Lipinski definition) is 7. The number of benzene rings is 1. The van der Waals surface area contributed by atoms with Gasteiger partial charge in [-0.15, -0.1) is 0 Å². The third-order valence-electron chi connectivity index (χ3n) is 4.78. The van der Waals surface area contributed by atoms with Gasteiger partial charge in [0.1, 0.15) is 17.2 Å². The lowest BCUT2D eigenvalue weighted by Crippen LogP contribution is -2.50. The number of carbonyl (C=O) groups is 1. The quantitative estimate of drug-likeness (QED) is 0.603. The van der Waals surface area contributed by atoms with Gasteiger partial charge in [-0.25, -0.2) is 14.8 Å². The van der Waals surface area contributed by atoms with Crippen LogP contribution in [0.15, 0.2) is 30.5 Å². The molecule has 0 unspecified atom stereocenters. The van der Waals surface area contributed by atoms with E-state index in [4.69, 9.17) is 21.3 Å². The third-order valence-corrected chi connectivity index (χ3v) is 5.03. The first-order valence-electron chi connectivity index (χ1n) is 9.89. The summed E-state index contributed by atoms with van der Waals surface area (Å²) in [6, 6.07) is 9.30. The highest BCUT2D eigenvalue weighted by Crippen LogP contribution is 2.27. The van der Waals surface area contributed by atoms with Gasteiger partial charge in [-0.05, 0) is 45.0 Å². The number of nitrogens with zero attached hydrogens (tertiary/aromatic N) is 7. The molecule has 2 aromatic heterocycles. The molecule has 0 aliphatic carbocycles. The number of piperazine rings is 1. The molecule has 0 atom stereocenters. The highest BCUT2D eigenvalue weighted by molar-refractivity contribution is 6.30. The van der Waals surface area contributed by atoms with Crippen LogP contribution in [0.2, 0.25) is 5.02 Å². The standard InChI is InChI=1S/C21H22ClN7O2/c1-21(2,3)31-20(30)28-10-8-27(9-11-28)19-25-16-13-24-17(12-23)26-18(16)29(19)15-6-4-14(22)5-7-15/h4-7,13H,8-11H2,1-3H3. The van der Waals surface area contributed by atoms with Gasteiger partial charge in [-0.2, -0.15) is 10.2 Å². The number of ether oxygens (including phenoxy) is 1. The summed E-state index contributed by atoms with van der Waals surface area (Å²) in [6.45, 7) is 7.73. The summed E-state index contributed by atoms with van der Waals surface area (Å²) in [5.41, 5.74) is 1.41. The zero-order chi connectivity index (χ0) is 22.2. The topological polar surface area (TPSA) is 100 Å². The molecule has 160 valence electrons. The molecule has 3 heterocycles. The first kappa shape index (κ1) is 20.9. The Morgan fingerprint density at radius 3 is 2.42 bits per heavy atom. The zero-order valence-corrected chi connectivity index (χ0v) is 18.3. The number of rotatable bonds is 2. The fourth-order valence-corrected chi connectivity index (χ4v) is 3.50. The van der Waals surface area contributed by atoms with Crippen LogP contribution in [0, 0.1) is 11.3 Å². The van der Waals surface area contributed by atoms with E-state index in [2.05, 4.69) is 14.9 Å². The summed E-state index contributed by atoms with van der Waals surface area (Å²) in [5, 5.41) is 9.85. The van der Waals surface area contributed by atoms with Gasteiger partial charge < -0.3 is 14.5 Å². The van der Waals surface area contributed by atoms with Crippen LogP contribution in [-0.4, -0.2) is 62.3 Å². The van der Waals surface area contributed by atoms with Crippen molar-refractivity contribution in [1.29, 1.82) is 5.26 Å². The van der Waals surface area contributed by atoms with Crippen molar-refractivity contribution >= 4 is 34.8 Å². The molecule has 0 spiro atoms. The third kappa shape index (κ3) is 4.39. The average Bonchev–Trinajstić information content (AvgIpc) is 3.12. The number of hydrogen-bond donors (Lipinski definition) is 0. The zero-order valence-electron chi connectivity index (χ0n) is 17.5. The van der Waals surface area contributed by atoms with Gasteiger partial charge in [0.25, 0.3) is 0 Å². The van der Waals surface area contributed by atoms with E-state index < -0.39 is 5.60 Å². The first-order chi connectivity index (χ1) is 14.7. The van der Waals surface area contributed by atoms with Crippen LogP contribution in [-0.2, 0) is 4.74 Å².